The second-order valence-electron chi connectivity index (χ2n) is 8.80. The highest BCUT2D eigenvalue weighted by atomic mass is 16.4. The molecule has 0 spiro atoms. The predicted octanol–water partition coefficient (Wildman–Crippen LogP) is -2.51. The largest absolute Gasteiger partial charge is 0.481 e. The number of amides is 3. The normalized spacial score (nSPS) is 13.5. The van der Waals surface area contributed by atoms with Gasteiger partial charge in [-0.3, -0.25) is 29.0 Å². The van der Waals surface area contributed by atoms with Crippen molar-refractivity contribution < 1.29 is 44.1 Å². The maximum absolute atomic E-state index is 13.2. The maximum atomic E-state index is 13.2. The van der Waals surface area contributed by atoms with Crippen molar-refractivity contribution in [3.63, 3.8) is 0 Å². The van der Waals surface area contributed by atoms with Gasteiger partial charge in [0.1, 0.15) is 18.1 Å². The highest BCUT2D eigenvalue weighted by molar-refractivity contribution is 5.95. The lowest BCUT2D eigenvalue weighted by atomic mass is 10.0. The van der Waals surface area contributed by atoms with Crippen LogP contribution in [0.3, 0.4) is 0 Å². The number of aliphatic carboxylic acids is 3. The Labute approximate surface area is 229 Å². The fraction of sp³-hybridized carbons (Fsp3) is 0.458. The molecule has 3 amide bonds. The quantitative estimate of drug-likeness (QED) is 0.0506. The van der Waals surface area contributed by atoms with Crippen LogP contribution < -0.4 is 33.2 Å². The van der Waals surface area contributed by atoms with Crippen LogP contribution in [0.15, 0.2) is 35.3 Å². The molecule has 16 heteroatoms. The number of rotatable bonds is 18. The first kappa shape index (κ1) is 33.3. The summed E-state index contributed by atoms with van der Waals surface area (Å²) in [7, 11) is 0. The summed E-state index contributed by atoms with van der Waals surface area (Å²) in [5.41, 5.74) is 16.8. The first-order chi connectivity index (χ1) is 18.8. The summed E-state index contributed by atoms with van der Waals surface area (Å²) in [6.45, 7) is 0.0900. The molecule has 40 heavy (non-hydrogen) atoms. The maximum Gasteiger partial charge on any atom is 0.326 e. The second-order valence-corrected chi connectivity index (χ2v) is 8.80. The summed E-state index contributed by atoms with van der Waals surface area (Å²) >= 11 is 0. The van der Waals surface area contributed by atoms with Crippen molar-refractivity contribution in [3.05, 3.63) is 35.9 Å². The lowest BCUT2D eigenvalue weighted by Crippen LogP contribution is -2.58. The molecule has 0 fully saturated rings. The predicted molar refractivity (Wildman–Crippen MR) is 141 cm³/mol. The zero-order valence-electron chi connectivity index (χ0n) is 21.6. The van der Waals surface area contributed by atoms with Gasteiger partial charge in [-0.1, -0.05) is 30.3 Å². The van der Waals surface area contributed by atoms with Crippen LogP contribution in [0.5, 0.6) is 0 Å². The Morgan fingerprint density at radius 3 is 1.90 bits per heavy atom. The number of aliphatic imine (C=N–C) groups is 1. The molecule has 0 bridgehead atoms. The number of carboxylic acid groups (broad SMARTS) is 3. The second kappa shape index (κ2) is 17.0. The van der Waals surface area contributed by atoms with Crippen molar-refractivity contribution in [2.75, 3.05) is 6.54 Å². The van der Waals surface area contributed by atoms with Gasteiger partial charge in [0.2, 0.25) is 17.7 Å². The number of benzene rings is 1. The number of carbonyl (C=O) groups is 6. The van der Waals surface area contributed by atoms with E-state index in [1.807, 2.05) is 0 Å². The molecule has 0 radical (unpaired) electrons. The molecule has 220 valence electrons. The number of hydrogen-bond donors (Lipinski definition) is 9. The molecule has 0 saturated carbocycles. The molecule has 12 N–H and O–H groups in total. The van der Waals surface area contributed by atoms with E-state index in [1.54, 1.807) is 30.3 Å². The fourth-order valence-electron chi connectivity index (χ4n) is 3.44. The van der Waals surface area contributed by atoms with Crippen LogP contribution in [-0.4, -0.2) is 87.6 Å². The van der Waals surface area contributed by atoms with E-state index < -0.39 is 66.2 Å². The standard InChI is InChI=1S/C24H35N7O9/c25-14(8-9-18(32)33)20(36)30-16(11-13-5-2-1-3-6-13)21(37)31-17(12-19(34)35)22(38)29-15(23(39)40)7-4-10-28-24(26)27/h1-3,5-6,14-17H,4,7-12,25H2,(H,29,38)(H,30,36)(H,31,37)(H,32,33)(H,34,35)(H,39,40)(H4,26,27,28). The number of nitrogens with two attached hydrogens (primary N) is 3. The van der Waals surface area contributed by atoms with E-state index in [0.29, 0.717) is 5.56 Å². The number of carbonyl (C=O) groups excluding carboxylic acids is 3. The SMILES string of the molecule is NC(N)=NCCCC(NC(=O)C(CC(=O)O)NC(=O)C(Cc1ccccc1)NC(=O)C(N)CCC(=O)O)C(=O)O. The van der Waals surface area contributed by atoms with E-state index in [-0.39, 0.29) is 44.6 Å². The molecule has 0 saturated heterocycles. The van der Waals surface area contributed by atoms with Gasteiger partial charge in [0.15, 0.2) is 5.96 Å². The Morgan fingerprint density at radius 2 is 1.35 bits per heavy atom. The van der Waals surface area contributed by atoms with E-state index in [0.717, 1.165) is 0 Å². The number of nitrogens with one attached hydrogen (secondary N) is 3. The molecule has 1 aromatic rings. The van der Waals surface area contributed by atoms with Crippen molar-refractivity contribution in [1.82, 2.24) is 16.0 Å². The molecule has 0 aromatic heterocycles. The summed E-state index contributed by atoms with van der Waals surface area (Å²) in [5, 5.41) is 34.4. The third kappa shape index (κ3) is 13.2. The molecule has 0 aliphatic rings. The monoisotopic (exact) mass is 565 g/mol. The zero-order chi connectivity index (χ0) is 30.2. The van der Waals surface area contributed by atoms with Crippen molar-refractivity contribution >= 4 is 41.6 Å². The Kier molecular flexibility index (Phi) is 14.1. The number of carboxylic acids is 3. The van der Waals surface area contributed by atoms with Crippen LogP contribution in [0, 0.1) is 0 Å². The van der Waals surface area contributed by atoms with Gasteiger partial charge in [-0.15, -0.1) is 0 Å². The van der Waals surface area contributed by atoms with Crippen molar-refractivity contribution in [1.29, 1.82) is 0 Å². The molecule has 4 unspecified atom stereocenters. The summed E-state index contributed by atoms with van der Waals surface area (Å²) in [5.74, 6) is -7.07. The minimum Gasteiger partial charge on any atom is -0.481 e. The molecule has 1 rings (SSSR count). The van der Waals surface area contributed by atoms with Crippen LogP contribution in [0.25, 0.3) is 0 Å². The Hall–Kier alpha value is -4.73. The summed E-state index contributed by atoms with van der Waals surface area (Å²) in [6, 6.07) is 2.72. The van der Waals surface area contributed by atoms with Gasteiger partial charge < -0.3 is 48.5 Å². The molecule has 0 heterocycles. The third-order valence-corrected chi connectivity index (χ3v) is 5.49. The Morgan fingerprint density at radius 1 is 0.775 bits per heavy atom. The van der Waals surface area contributed by atoms with Gasteiger partial charge in [-0.05, 0) is 24.8 Å². The first-order valence-electron chi connectivity index (χ1n) is 12.2. The van der Waals surface area contributed by atoms with Crippen LogP contribution in [0.2, 0.25) is 0 Å². The lowest BCUT2D eigenvalue weighted by Gasteiger charge is -2.24. The van der Waals surface area contributed by atoms with Crippen LogP contribution in [0.1, 0.15) is 37.7 Å². The molecule has 0 aliphatic heterocycles. The van der Waals surface area contributed by atoms with Crippen molar-refractivity contribution in [3.8, 4) is 0 Å². The average molecular weight is 566 g/mol. The molecular formula is C24H35N7O9. The molecular weight excluding hydrogens is 530 g/mol. The van der Waals surface area contributed by atoms with Gasteiger partial charge in [0, 0.05) is 19.4 Å². The topological polar surface area (TPSA) is 290 Å². The van der Waals surface area contributed by atoms with E-state index in [9.17, 15) is 39.0 Å². The lowest BCUT2D eigenvalue weighted by molar-refractivity contribution is -0.144. The third-order valence-electron chi connectivity index (χ3n) is 5.49. The van der Waals surface area contributed by atoms with Crippen LogP contribution in [-0.2, 0) is 35.2 Å². The van der Waals surface area contributed by atoms with Crippen molar-refractivity contribution in [2.24, 2.45) is 22.2 Å². The minimum absolute atomic E-state index is 0.0754. The van der Waals surface area contributed by atoms with Gasteiger partial charge in [0.05, 0.1) is 12.5 Å². The van der Waals surface area contributed by atoms with Gasteiger partial charge >= 0.3 is 17.9 Å². The molecule has 0 aliphatic carbocycles. The smallest absolute Gasteiger partial charge is 0.326 e. The molecule has 4 atom stereocenters. The van der Waals surface area contributed by atoms with E-state index in [1.165, 1.54) is 0 Å². The minimum atomic E-state index is -1.69. The van der Waals surface area contributed by atoms with Gasteiger partial charge in [-0.2, -0.15) is 0 Å². The van der Waals surface area contributed by atoms with E-state index >= 15 is 0 Å². The summed E-state index contributed by atoms with van der Waals surface area (Å²) in [6.07, 6.45) is -1.46. The van der Waals surface area contributed by atoms with Crippen LogP contribution >= 0.6 is 0 Å². The zero-order valence-corrected chi connectivity index (χ0v) is 21.6. The summed E-state index contributed by atoms with van der Waals surface area (Å²) < 4.78 is 0. The average Bonchev–Trinajstić information content (AvgIpc) is 2.87. The van der Waals surface area contributed by atoms with E-state index in [2.05, 4.69) is 20.9 Å². The van der Waals surface area contributed by atoms with Gasteiger partial charge in [0.25, 0.3) is 0 Å². The van der Waals surface area contributed by atoms with Crippen molar-refractivity contribution in [2.45, 2.75) is 62.7 Å². The number of hydrogen-bond acceptors (Lipinski definition) is 8. The highest BCUT2D eigenvalue weighted by Crippen LogP contribution is 2.07. The summed E-state index contributed by atoms with van der Waals surface area (Å²) in [4.78, 5) is 76.2. The Balaban J connectivity index is 3.06. The van der Waals surface area contributed by atoms with Crippen LogP contribution in [0.4, 0.5) is 0 Å². The molecule has 16 nitrogen and oxygen atoms in total. The fourth-order valence-corrected chi connectivity index (χ4v) is 3.44. The number of nitrogens with zero attached hydrogens (tertiary/aromatic N) is 1. The Bertz CT molecular complexity index is 1080. The number of guanidine groups is 1. The van der Waals surface area contributed by atoms with Gasteiger partial charge in [-0.25, -0.2) is 4.79 Å². The first-order valence-corrected chi connectivity index (χ1v) is 12.2. The highest BCUT2D eigenvalue weighted by Gasteiger charge is 2.31. The molecule has 1 aromatic carbocycles. The van der Waals surface area contributed by atoms with E-state index in [4.69, 9.17) is 22.3 Å².